The molecule has 0 rings (SSSR count). The van der Waals surface area contributed by atoms with Crippen molar-refractivity contribution in [2.24, 2.45) is 0 Å². The summed E-state index contributed by atoms with van der Waals surface area (Å²) in [5.41, 5.74) is 0. The van der Waals surface area contributed by atoms with E-state index < -0.39 is 6.71 Å². The summed E-state index contributed by atoms with van der Waals surface area (Å²) < 4.78 is 11.4. The van der Waals surface area contributed by atoms with Crippen LogP contribution in [0.25, 0.3) is 0 Å². The first kappa shape index (κ1) is 5.42. The zero-order chi connectivity index (χ0) is 4.28. The monoisotopic (exact) mass is 92.0 g/mol. The first-order chi connectivity index (χ1) is 2.27. The van der Waals surface area contributed by atoms with Gasteiger partial charge in [0.05, 0.1) is 0 Å². The Labute approximate surface area is 34.4 Å². The van der Waals surface area contributed by atoms with Crippen molar-refractivity contribution in [3.05, 3.63) is 0 Å². The second kappa shape index (κ2) is 2.65. The molecule has 0 aliphatic heterocycles. The van der Waals surface area contributed by atoms with Crippen molar-refractivity contribution < 1.29 is 4.32 Å². The van der Waals surface area contributed by atoms with Crippen LogP contribution in [0, 0.1) is 0 Å². The fourth-order valence-electron chi connectivity index (χ4n) is 0. The summed E-state index contributed by atoms with van der Waals surface area (Å²) in [5, 5.41) is 0. The zero-order valence-electron chi connectivity index (χ0n) is 3.24. The minimum absolute atomic E-state index is 0.602. The van der Waals surface area contributed by atoms with Crippen molar-refractivity contribution in [3.8, 4) is 0 Å². The first-order valence-corrected chi connectivity index (χ1v) is 2.33. The third-order valence-electron chi connectivity index (χ3n) is 0.390. The summed E-state index contributed by atoms with van der Waals surface area (Å²) >= 11 is 0. The van der Waals surface area contributed by atoms with Crippen molar-refractivity contribution in [1.82, 2.24) is 0 Å². The van der Waals surface area contributed by atoms with Crippen LogP contribution in [0.5, 0.6) is 0 Å². The molecule has 0 aromatic heterocycles. The average molecular weight is 91.9 g/mol. The Morgan fingerprint density at radius 3 is 2.20 bits per heavy atom. The molecule has 30 valence electrons. The quantitative estimate of drug-likeness (QED) is 0.338. The van der Waals surface area contributed by atoms with Gasteiger partial charge in [0, 0.05) is 0 Å². The van der Waals surface area contributed by atoms with Crippen LogP contribution in [-0.4, -0.2) is 6.71 Å². The Balaban J connectivity index is 2.54. The van der Waals surface area contributed by atoms with E-state index in [1.807, 2.05) is 0 Å². The predicted octanol–water partition coefficient (Wildman–Crippen LogP) is 1.34. The normalized spacial score (nSPS) is 7.80. The van der Waals surface area contributed by atoms with E-state index in [4.69, 9.17) is 0 Å². The van der Waals surface area contributed by atoms with E-state index in [-0.39, 0.29) is 0 Å². The lowest BCUT2D eigenvalue weighted by molar-refractivity contribution is 0.854. The highest BCUT2D eigenvalue weighted by molar-refractivity contribution is 7.60. The molecule has 1 unspecified atom stereocenters. The maximum Gasteiger partial charge on any atom is 0.368 e. The van der Waals surface area contributed by atoms with Crippen LogP contribution >= 0.6 is 9.12 Å². The van der Waals surface area contributed by atoms with Crippen LogP contribution < -0.4 is 0 Å². The highest BCUT2D eigenvalue weighted by Gasteiger charge is 1.95. The van der Waals surface area contributed by atoms with Gasteiger partial charge in [0.15, 0.2) is 0 Å². The Morgan fingerprint density at radius 1 is 2.00 bits per heavy atom. The minimum Gasteiger partial charge on any atom is -0.330 e. The predicted molar refractivity (Wildman–Crippen MR) is 27.1 cm³/mol. The van der Waals surface area contributed by atoms with E-state index in [0.29, 0.717) is 6.32 Å². The molecular formula is C2H7BFP. The van der Waals surface area contributed by atoms with Gasteiger partial charge in [0.1, 0.15) is 0 Å². The molecule has 0 fully saturated rings. The first-order valence-electron chi connectivity index (χ1n) is 1.67. The van der Waals surface area contributed by atoms with Gasteiger partial charge in [0.25, 0.3) is 0 Å². The van der Waals surface area contributed by atoms with Gasteiger partial charge in [0.2, 0.25) is 0 Å². The van der Waals surface area contributed by atoms with Crippen molar-refractivity contribution in [2.75, 3.05) is 0 Å². The van der Waals surface area contributed by atoms with E-state index in [0.717, 1.165) is 0 Å². The molecule has 0 aliphatic carbocycles. The lowest BCUT2D eigenvalue weighted by Gasteiger charge is -1.78. The van der Waals surface area contributed by atoms with E-state index in [2.05, 4.69) is 9.12 Å². The minimum atomic E-state index is -0.699. The van der Waals surface area contributed by atoms with Crippen molar-refractivity contribution >= 4 is 15.8 Å². The summed E-state index contributed by atoms with van der Waals surface area (Å²) in [5.74, 6) is 0. The van der Waals surface area contributed by atoms with E-state index >= 15 is 0 Å². The molecule has 5 heavy (non-hydrogen) atoms. The van der Waals surface area contributed by atoms with Gasteiger partial charge >= 0.3 is 6.71 Å². The molecule has 0 radical (unpaired) electrons. The van der Waals surface area contributed by atoms with Gasteiger partial charge in [-0.1, -0.05) is 6.92 Å². The molecule has 0 saturated heterocycles. The number of rotatable bonds is 1. The molecule has 1 atom stereocenters. The highest BCUT2D eigenvalue weighted by Crippen LogP contribution is 1.98. The van der Waals surface area contributed by atoms with Crippen LogP contribution in [0.4, 0.5) is 4.32 Å². The zero-order valence-corrected chi connectivity index (χ0v) is 4.39. The standard InChI is InChI=1S/C2H7BFP/c1-2-3(4)5/h2,5H2,1H3. The highest BCUT2D eigenvalue weighted by atomic mass is 31.0. The largest absolute Gasteiger partial charge is 0.368 e. The summed E-state index contributed by atoms with van der Waals surface area (Å²) in [6.07, 6.45) is 0.602. The molecule has 0 N–H and O–H groups in total. The Morgan fingerprint density at radius 2 is 2.20 bits per heavy atom. The van der Waals surface area contributed by atoms with Crippen LogP contribution in [0.3, 0.4) is 0 Å². The van der Waals surface area contributed by atoms with Crippen LogP contribution in [0.2, 0.25) is 6.32 Å². The fourth-order valence-corrected chi connectivity index (χ4v) is 0. The SMILES string of the molecule is CCB(F)P. The third-order valence-corrected chi connectivity index (χ3v) is 0.861. The molecule has 3 heteroatoms. The van der Waals surface area contributed by atoms with E-state index in [9.17, 15) is 4.32 Å². The molecule has 0 spiro atoms. The van der Waals surface area contributed by atoms with Crippen LogP contribution in [-0.2, 0) is 0 Å². The Bertz CT molecular complexity index is 23.6. The van der Waals surface area contributed by atoms with E-state index in [1.54, 1.807) is 6.92 Å². The van der Waals surface area contributed by atoms with Crippen LogP contribution in [0.15, 0.2) is 0 Å². The van der Waals surface area contributed by atoms with Gasteiger partial charge in [-0.3, -0.25) is 0 Å². The van der Waals surface area contributed by atoms with Crippen LogP contribution in [0.1, 0.15) is 6.92 Å². The summed E-state index contributed by atoms with van der Waals surface area (Å²) in [6, 6.07) is 0. The molecule has 0 aromatic rings. The second-order valence-corrected chi connectivity index (χ2v) is 1.65. The van der Waals surface area contributed by atoms with E-state index in [1.165, 1.54) is 0 Å². The lowest BCUT2D eigenvalue weighted by atomic mass is 10.00. The molecule has 0 nitrogen and oxygen atoms in total. The average Bonchev–Trinajstić information content (AvgIpc) is 1.38. The molecule has 0 saturated carbocycles. The van der Waals surface area contributed by atoms with Gasteiger partial charge in [-0.2, -0.15) is 0 Å². The molecule has 0 aliphatic rings. The van der Waals surface area contributed by atoms with Gasteiger partial charge in [-0.15, -0.1) is 9.12 Å². The summed E-state index contributed by atoms with van der Waals surface area (Å²) in [7, 11) is 2.07. The van der Waals surface area contributed by atoms with Gasteiger partial charge in [-0.05, 0) is 6.32 Å². The molecule has 0 heterocycles. The topological polar surface area (TPSA) is 0 Å². The molecule has 0 amide bonds. The maximum atomic E-state index is 11.4. The maximum absolute atomic E-state index is 11.4. The van der Waals surface area contributed by atoms with Crippen molar-refractivity contribution in [2.45, 2.75) is 13.2 Å². The molecular weight excluding hydrogens is 84.8 g/mol. The van der Waals surface area contributed by atoms with Crippen molar-refractivity contribution in [1.29, 1.82) is 0 Å². The number of hydrogen-bond donors (Lipinski definition) is 0. The number of halogens is 1. The van der Waals surface area contributed by atoms with Crippen molar-refractivity contribution in [3.63, 3.8) is 0 Å². The smallest absolute Gasteiger partial charge is 0.330 e. The second-order valence-electron chi connectivity index (χ2n) is 0.924. The molecule has 0 aromatic carbocycles. The lowest BCUT2D eigenvalue weighted by Crippen LogP contribution is -1.84. The molecule has 0 bridgehead atoms. The summed E-state index contributed by atoms with van der Waals surface area (Å²) in [4.78, 5) is 0. The fraction of sp³-hybridized carbons (Fsp3) is 1.00. The summed E-state index contributed by atoms with van der Waals surface area (Å²) in [6.45, 7) is 1.10. The third kappa shape index (κ3) is 4.42. The Hall–Kier alpha value is 0.425. The number of hydrogen-bond acceptors (Lipinski definition) is 0. The van der Waals surface area contributed by atoms with Gasteiger partial charge in [-0.25, -0.2) is 0 Å². The van der Waals surface area contributed by atoms with Gasteiger partial charge < -0.3 is 4.32 Å². The Kier molecular flexibility index (Phi) is 2.88.